The predicted molar refractivity (Wildman–Crippen MR) is 78.3 cm³/mol. The molecule has 1 fully saturated rings. The Kier molecular flexibility index (Phi) is 4.94. The molecule has 0 amide bonds. The quantitative estimate of drug-likeness (QED) is 0.785. The number of sulfonamides is 1. The van der Waals surface area contributed by atoms with E-state index in [-0.39, 0.29) is 10.7 Å². The number of nitrogens with zero attached hydrogens (tertiary/aromatic N) is 1. The van der Waals surface area contributed by atoms with E-state index in [4.69, 9.17) is 0 Å². The van der Waals surface area contributed by atoms with Crippen LogP contribution < -0.4 is 0 Å². The zero-order chi connectivity index (χ0) is 14.6. The molecule has 1 heterocycles. The van der Waals surface area contributed by atoms with Crippen LogP contribution in [-0.4, -0.2) is 31.6 Å². The molecule has 5 heteroatoms. The van der Waals surface area contributed by atoms with Crippen molar-refractivity contribution in [3.8, 4) is 0 Å². The van der Waals surface area contributed by atoms with Gasteiger partial charge >= 0.3 is 0 Å². The van der Waals surface area contributed by atoms with Crippen molar-refractivity contribution in [3.05, 3.63) is 29.8 Å². The van der Waals surface area contributed by atoms with Crippen molar-refractivity contribution in [1.29, 1.82) is 0 Å². The van der Waals surface area contributed by atoms with Gasteiger partial charge in [0.25, 0.3) is 0 Å². The summed E-state index contributed by atoms with van der Waals surface area (Å²) < 4.78 is 26.4. The standard InChI is InChI=1S/C15H21NO3S/c1-2-6-15(17)13-7-9-14(10-8-13)20(18,19)16-11-4-3-5-12-16/h7-10H,2-6,11-12H2,1H3. The third kappa shape index (κ3) is 3.27. The van der Waals surface area contributed by atoms with Crippen molar-refractivity contribution in [3.63, 3.8) is 0 Å². The molecule has 4 nitrogen and oxygen atoms in total. The molecular formula is C15H21NO3S. The van der Waals surface area contributed by atoms with E-state index < -0.39 is 10.0 Å². The van der Waals surface area contributed by atoms with Crippen LogP contribution in [0.4, 0.5) is 0 Å². The molecule has 0 aliphatic carbocycles. The molecule has 0 N–H and O–H groups in total. The molecule has 1 saturated heterocycles. The van der Waals surface area contributed by atoms with Crippen LogP contribution in [0, 0.1) is 0 Å². The zero-order valence-electron chi connectivity index (χ0n) is 11.8. The Hall–Kier alpha value is -1.20. The Bertz CT molecular complexity index is 557. The van der Waals surface area contributed by atoms with Crippen LogP contribution in [0.15, 0.2) is 29.2 Å². The molecule has 1 aromatic carbocycles. The number of hydrogen-bond donors (Lipinski definition) is 0. The van der Waals surface area contributed by atoms with E-state index >= 15 is 0 Å². The Morgan fingerprint density at radius 2 is 1.70 bits per heavy atom. The molecule has 110 valence electrons. The summed E-state index contributed by atoms with van der Waals surface area (Å²) in [5, 5.41) is 0. The second-order valence-corrected chi connectivity index (χ2v) is 7.10. The molecule has 0 aromatic heterocycles. The van der Waals surface area contributed by atoms with Gasteiger partial charge in [-0.1, -0.05) is 25.5 Å². The molecular weight excluding hydrogens is 274 g/mol. The molecule has 0 spiro atoms. The Morgan fingerprint density at radius 3 is 2.25 bits per heavy atom. The first kappa shape index (κ1) is 15.2. The van der Waals surface area contributed by atoms with E-state index in [1.807, 2.05) is 6.92 Å². The topological polar surface area (TPSA) is 54.5 Å². The molecule has 1 aromatic rings. The van der Waals surface area contributed by atoms with Crippen molar-refractivity contribution in [2.24, 2.45) is 0 Å². The molecule has 2 rings (SSSR count). The van der Waals surface area contributed by atoms with Gasteiger partial charge in [-0.05, 0) is 31.4 Å². The molecule has 1 aliphatic heterocycles. The summed E-state index contributed by atoms with van der Waals surface area (Å²) in [6.07, 6.45) is 4.24. The van der Waals surface area contributed by atoms with Crippen molar-refractivity contribution >= 4 is 15.8 Å². The lowest BCUT2D eigenvalue weighted by Gasteiger charge is -2.25. The third-order valence-corrected chi connectivity index (χ3v) is 5.52. The highest BCUT2D eigenvalue weighted by Crippen LogP contribution is 2.21. The number of Topliss-reactive ketones (excluding diaryl/α,β-unsaturated/α-hetero) is 1. The van der Waals surface area contributed by atoms with E-state index in [1.54, 1.807) is 28.6 Å². The minimum Gasteiger partial charge on any atom is -0.294 e. The van der Waals surface area contributed by atoms with E-state index in [9.17, 15) is 13.2 Å². The van der Waals surface area contributed by atoms with Gasteiger partial charge < -0.3 is 0 Å². The van der Waals surface area contributed by atoms with Crippen LogP contribution in [-0.2, 0) is 10.0 Å². The van der Waals surface area contributed by atoms with Gasteiger partial charge in [0.1, 0.15) is 0 Å². The summed E-state index contributed by atoms with van der Waals surface area (Å²) in [4.78, 5) is 12.0. The largest absolute Gasteiger partial charge is 0.294 e. The van der Waals surface area contributed by atoms with Crippen molar-refractivity contribution in [1.82, 2.24) is 4.31 Å². The van der Waals surface area contributed by atoms with Gasteiger partial charge in [-0.15, -0.1) is 0 Å². The van der Waals surface area contributed by atoms with Crippen LogP contribution >= 0.6 is 0 Å². The maximum absolute atomic E-state index is 12.4. The van der Waals surface area contributed by atoms with Crippen molar-refractivity contribution in [2.45, 2.75) is 43.9 Å². The number of piperidine rings is 1. The highest BCUT2D eigenvalue weighted by molar-refractivity contribution is 7.89. The lowest BCUT2D eigenvalue weighted by Crippen LogP contribution is -2.35. The highest BCUT2D eigenvalue weighted by Gasteiger charge is 2.25. The van der Waals surface area contributed by atoms with E-state index in [0.29, 0.717) is 25.1 Å². The van der Waals surface area contributed by atoms with E-state index in [1.165, 1.54) is 0 Å². The van der Waals surface area contributed by atoms with Gasteiger partial charge in [0, 0.05) is 25.1 Å². The monoisotopic (exact) mass is 295 g/mol. The van der Waals surface area contributed by atoms with Gasteiger partial charge in [-0.3, -0.25) is 4.79 Å². The summed E-state index contributed by atoms with van der Waals surface area (Å²) in [5.74, 6) is 0.0643. The Balaban J connectivity index is 2.18. The molecule has 0 unspecified atom stereocenters. The van der Waals surface area contributed by atoms with Gasteiger partial charge in [0.05, 0.1) is 4.90 Å². The van der Waals surface area contributed by atoms with Crippen LogP contribution in [0.2, 0.25) is 0 Å². The smallest absolute Gasteiger partial charge is 0.243 e. The number of benzene rings is 1. The predicted octanol–water partition coefficient (Wildman–Crippen LogP) is 2.84. The highest BCUT2D eigenvalue weighted by atomic mass is 32.2. The third-order valence-electron chi connectivity index (χ3n) is 3.61. The first-order valence-corrected chi connectivity index (χ1v) is 8.63. The minimum absolute atomic E-state index is 0.0643. The maximum Gasteiger partial charge on any atom is 0.243 e. The molecule has 0 saturated carbocycles. The van der Waals surface area contributed by atoms with Crippen LogP contribution in [0.1, 0.15) is 49.4 Å². The summed E-state index contributed by atoms with van der Waals surface area (Å²) in [6.45, 7) is 3.14. The van der Waals surface area contributed by atoms with E-state index in [0.717, 1.165) is 25.7 Å². The number of carbonyl (C=O) groups excluding carboxylic acids is 1. The average Bonchev–Trinajstić information content (AvgIpc) is 2.48. The molecule has 0 bridgehead atoms. The normalized spacial score (nSPS) is 17.1. The number of carbonyl (C=O) groups is 1. The Morgan fingerprint density at radius 1 is 1.10 bits per heavy atom. The first-order chi connectivity index (χ1) is 9.55. The molecule has 0 radical (unpaired) electrons. The SMILES string of the molecule is CCCC(=O)c1ccc(S(=O)(=O)N2CCCCC2)cc1. The summed E-state index contributed by atoms with van der Waals surface area (Å²) >= 11 is 0. The minimum atomic E-state index is -3.39. The lowest BCUT2D eigenvalue weighted by atomic mass is 10.1. The van der Waals surface area contributed by atoms with E-state index in [2.05, 4.69) is 0 Å². The fourth-order valence-electron chi connectivity index (χ4n) is 2.44. The van der Waals surface area contributed by atoms with Crippen LogP contribution in [0.25, 0.3) is 0 Å². The molecule has 1 aliphatic rings. The first-order valence-electron chi connectivity index (χ1n) is 7.19. The van der Waals surface area contributed by atoms with Crippen molar-refractivity contribution in [2.75, 3.05) is 13.1 Å². The molecule has 20 heavy (non-hydrogen) atoms. The van der Waals surface area contributed by atoms with Gasteiger partial charge in [-0.25, -0.2) is 8.42 Å². The van der Waals surface area contributed by atoms with Crippen LogP contribution in [0.3, 0.4) is 0 Å². The average molecular weight is 295 g/mol. The zero-order valence-corrected chi connectivity index (χ0v) is 12.7. The van der Waals surface area contributed by atoms with Crippen LogP contribution in [0.5, 0.6) is 0 Å². The van der Waals surface area contributed by atoms with Gasteiger partial charge in [0.2, 0.25) is 10.0 Å². The summed E-state index contributed by atoms with van der Waals surface area (Å²) in [7, 11) is -3.39. The van der Waals surface area contributed by atoms with Gasteiger partial charge in [-0.2, -0.15) is 4.31 Å². The fraction of sp³-hybridized carbons (Fsp3) is 0.533. The van der Waals surface area contributed by atoms with Gasteiger partial charge in [0.15, 0.2) is 5.78 Å². The Labute approximate surface area is 120 Å². The second-order valence-electron chi connectivity index (χ2n) is 5.16. The summed E-state index contributed by atoms with van der Waals surface area (Å²) in [6, 6.07) is 6.34. The number of ketones is 1. The number of hydrogen-bond acceptors (Lipinski definition) is 3. The fourth-order valence-corrected chi connectivity index (χ4v) is 3.96. The lowest BCUT2D eigenvalue weighted by molar-refractivity contribution is 0.0981. The second kappa shape index (κ2) is 6.50. The summed E-state index contributed by atoms with van der Waals surface area (Å²) in [5.41, 5.74) is 0.587. The van der Waals surface area contributed by atoms with Crippen molar-refractivity contribution < 1.29 is 13.2 Å². The molecule has 0 atom stereocenters. The number of rotatable bonds is 5. The maximum atomic E-state index is 12.4.